The number of nitrogens with zero attached hydrogens (tertiary/aromatic N) is 1. The van der Waals surface area contributed by atoms with Crippen LogP contribution in [0.1, 0.15) is 47.1 Å². The van der Waals surface area contributed by atoms with Crippen molar-refractivity contribution >= 4 is 22.7 Å². The number of hydrogen-bond acceptors (Lipinski definition) is 10. The highest BCUT2D eigenvalue weighted by Gasteiger charge is 2.60. The van der Waals surface area contributed by atoms with Gasteiger partial charge in [0.15, 0.2) is 16.6 Å². The topological polar surface area (TPSA) is 103 Å². The van der Waals surface area contributed by atoms with E-state index in [4.69, 9.17) is 42.0 Å². The number of ether oxygens (including phenoxy) is 7. The minimum atomic E-state index is -2.47. The van der Waals surface area contributed by atoms with Gasteiger partial charge in [-0.15, -0.1) is 6.58 Å². The Morgan fingerprint density at radius 2 is 1.42 bits per heavy atom. The first kappa shape index (κ1) is 42.5. The van der Waals surface area contributed by atoms with Crippen LogP contribution in [0.4, 0.5) is 4.79 Å². The van der Waals surface area contributed by atoms with Gasteiger partial charge in [-0.1, -0.05) is 78.0 Å². The van der Waals surface area contributed by atoms with Gasteiger partial charge in [0.2, 0.25) is 0 Å². The van der Waals surface area contributed by atoms with Crippen molar-refractivity contribution in [3.8, 4) is 0 Å². The summed E-state index contributed by atoms with van der Waals surface area (Å²) in [5, 5.41) is -0.213. The Labute approximate surface area is 291 Å². The summed E-state index contributed by atoms with van der Waals surface area (Å²) in [6, 6.07) is 8.17. The SMILES string of the molecule is C=C[C@H](OCOC)[C@@H](OCOC)[C@@H]1[C@@H](OCOC)[C@H](O[Si](C)(C)C(C)(C)C)[C@@H](CO[Si](C)(C)C(C)(C)C)N1C(=O)OCc1ccccc1. The third kappa shape index (κ3) is 11.2. The second-order valence-corrected chi connectivity index (χ2v) is 24.8. The van der Waals surface area contributed by atoms with Crippen LogP contribution >= 0.6 is 0 Å². The Morgan fingerprint density at radius 1 is 0.854 bits per heavy atom. The van der Waals surface area contributed by atoms with Crippen LogP contribution in [0.25, 0.3) is 0 Å². The number of likely N-dealkylation sites (tertiary alicyclic amines) is 1. The van der Waals surface area contributed by atoms with E-state index >= 15 is 0 Å². The fraction of sp³-hybridized carbons (Fsp3) is 0.743. The zero-order chi connectivity index (χ0) is 36.3. The molecule has 1 aromatic rings. The van der Waals surface area contributed by atoms with Crippen molar-refractivity contribution in [3.63, 3.8) is 0 Å². The second kappa shape index (κ2) is 18.5. The van der Waals surface area contributed by atoms with Gasteiger partial charge in [-0.05, 0) is 41.8 Å². The molecule has 1 aromatic carbocycles. The summed E-state index contributed by atoms with van der Waals surface area (Å²) in [5.41, 5.74) is 0.858. The minimum Gasteiger partial charge on any atom is -0.445 e. The van der Waals surface area contributed by atoms with Gasteiger partial charge in [0.05, 0.1) is 24.8 Å². The molecule has 6 atom stereocenters. The number of benzene rings is 1. The standard InChI is InChI=1S/C35H63NO10Si2/c1-15-28(42-23-38-8)31(43-24-39-9)29-32(44-25-40-10)30(46-48(13,14)35(5,6)7)27(22-45-47(11,12)34(2,3)4)36(29)33(37)41-21-26-19-17-16-18-20-26/h15-20,27-32H,1,21-25H2,2-14H3/t27-,28+,29-,30-,31-,32-/m1/s1. The molecule has 276 valence electrons. The summed E-state index contributed by atoms with van der Waals surface area (Å²) in [7, 11) is -0.127. The molecule has 11 nitrogen and oxygen atoms in total. The molecule has 1 fully saturated rings. The first-order valence-corrected chi connectivity index (χ1v) is 22.4. The summed E-state index contributed by atoms with van der Waals surface area (Å²) in [5.74, 6) is 0. The first-order valence-electron chi connectivity index (χ1n) is 16.6. The number of rotatable bonds is 19. The molecule has 1 saturated heterocycles. The van der Waals surface area contributed by atoms with Gasteiger partial charge < -0.3 is 42.0 Å². The maximum atomic E-state index is 14.5. The van der Waals surface area contributed by atoms with Crippen molar-refractivity contribution in [2.45, 2.75) is 121 Å². The molecule has 2 rings (SSSR count). The monoisotopic (exact) mass is 713 g/mol. The predicted octanol–water partition coefficient (Wildman–Crippen LogP) is 6.94. The highest BCUT2D eigenvalue weighted by Crippen LogP contribution is 2.44. The largest absolute Gasteiger partial charge is 0.445 e. The van der Waals surface area contributed by atoms with Gasteiger partial charge in [0.25, 0.3) is 0 Å². The summed E-state index contributed by atoms with van der Waals surface area (Å²) >= 11 is 0. The smallest absolute Gasteiger partial charge is 0.410 e. The number of hydrogen-bond donors (Lipinski definition) is 0. The predicted molar refractivity (Wildman–Crippen MR) is 192 cm³/mol. The van der Waals surface area contributed by atoms with Crippen LogP contribution in [0, 0.1) is 0 Å². The van der Waals surface area contributed by atoms with Gasteiger partial charge in [0.1, 0.15) is 45.3 Å². The third-order valence-electron chi connectivity index (χ3n) is 9.82. The number of carbonyl (C=O) groups excluding carboxylic acids is 1. The molecule has 1 aliphatic heterocycles. The van der Waals surface area contributed by atoms with E-state index < -0.39 is 59.2 Å². The number of carbonyl (C=O) groups is 1. The van der Waals surface area contributed by atoms with Gasteiger partial charge >= 0.3 is 6.09 Å². The number of methoxy groups -OCH3 is 3. The lowest BCUT2D eigenvalue weighted by atomic mass is 9.98. The molecule has 1 heterocycles. The van der Waals surface area contributed by atoms with E-state index in [2.05, 4.69) is 74.3 Å². The zero-order valence-electron chi connectivity index (χ0n) is 31.7. The molecule has 0 bridgehead atoms. The van der Waals surface area contributed by atoms with Crippen LogP contribution in [0.5, 0.6) is 0 Å². The molecule has 0 aliphatic carbocycles. The van der Waals surface area contributed by atoms with Crippen molar-refractivity contribution in [1.29, 1.82) is 0 Å². The molecule has 1 amide bonds. The zero-order valence-corrected chi connectivity index (χ0v) is 33.7. The molecule has 0 unspecified atom stereocenters. The quantitative estimate of drug-likeness (QED) is 0.0851. The second-order valence-electron chi connectivity index (χ2n) is 15.3. The van der Waals surface area contributed by atoms with Crippen LogP contribution in [0.3, 0.4) is 0 Å². The summed E-state index contributed by atoms with van der Waals surface area (Å²) < 4.78 is 55.1. The normalized spacial score (nSPS) is 22.1. The molecular formula is C35H63NO10Si2. The Bertz CT molecular complexity index is 1110. The van der Waals surface area contributed by atoms with E-state index in [0.717, 1.165) is 5.56 Å². The van der Waals surface area contributed by atoms with Crippen LogP contribution in [-0.2, 0) is 48.6 Å². The van der Waals surface area contributed by atoms with E-state index in [1.165, 1.54) is 14.2 Å². The molecule has 1 aliphatic rings. The first-order chi connectivity index (χ1) is 22.4. The highest BCUT2D eigenvalue weighted by atomic mass is 28.4. The molecule has 13 heteroatoms. The lowest BCUT2D eigenvalue weighted by Gasteiger charge is -2.42. The molecular weight excluding hydrogens is 651 g/mol. The Hall–Kier alpha value is -1.66. The Balaban J connectivity index is 2.83. The minimum absolute atomic E-state index is 0.0277. The van der Waals surface area contributed by atoms with Crippen molar-refractivity contribution < 1.29 is 46.8 Å². The van der Waals surface area contributed by atoms with Crippen LogP contribution < -0.4 is 0 Å². The van der Waals surface area contributed by atoms with Gasteiger partial charge in [-0.2, -0.15) is 0 Å². The van der Waals surface area contributed by atoms with Crippen molar-refractivity contribution in [2.24, 2.45) is 0 Å². The summed E-state index contributed by atoms with van der Waals surface area (Å²) in [4.78, 5) is 16.2. The fourth-order valence-corrected chi connectivity index (χ4v) is 7.36. The van der Waals surface area contributed by atoms with Crippen molar-refractivity contribution in [2.75, 3.05) is 48.3 Å². The molecule has 0 aromatic heterocycles. The van der Waals surface area contributed by atoms with Crippen LogP contribution in [-0.4, -0.2) is 112 Å². The van der Waals surface area contributed by atoms with Crippen LogP contribution in [0.2, 0.25) is 36.3 Å². The van der Waals surface area contributed by atoms with Gasteiger partial charge in [0, 0.05) is 21.3 Å². The van der Waals surface area contributed by atoms with E-state index in [0.29, 0.717) is 0 Å². The molecule has 0 radical (unpaired) electrons. The van der Waals surface area contributed by atoms with E-state index in [1.54, 1.807) is 18.1 Å². The molecule has 0 spiro atoms. The molecule has 48 heavy (non-hydrogen) atoms. The Kier molecular flexibility index (Phi) is 16.4. The van der Waals surface area contributed by atoms with E-state index in [9.17, 15) is 4.79 Å². The summed E-state index contributed by atoms with van der Waals surface area (Å²) in [6.45, 7) is 26.0. The summed E-state index contributed by atoms with van der Waals surface area (Å²) in [6.07, 6.45) is -1.83. The van der Waals surface area contributed by atoms with Crippen molar-refractivity contribution in [3.05, 3.63) is 48.6 Å². The fourth-order valence-electron chi connectivity index (χ4n) is 5.01. The maximum absolute atomic E-state index is 14.5. The van der Waals surface area contributed by atoms with E-state index in [-0.39, 0.29) is 43.7 Å². The lowest BCUT2D eigenvalue weighted by molar-refractivity contribution is -0.181. The van der Waals surface area contributed by atoms with Crippen molar-refractivity contribution in [1.82, 2.24) is 4.90 Å². The molecule has 0 N–H and O–H groups in total. The van der Waals surface area contributed by atoms with E-state index in [1.807, 2.05) is 30.3 Å². The van der Waals surface area contributed by atoms with Gasteiger partial charge in [-0.3, -0.25) is 4.90 Å². The Morgan fingerprint density at radius 3 is 1.94 bits per heavy atom. The lowest BCUT2D eigenvalue weighted by Crippen LogP contribution is -2.56. The third-order valence-corrected chi connectivity index (χ3v) is 18.8. The maximum Gasteiger partial charge on any atom is 0.410 e. The average molecular weight is 714 g/mol. The van der Waals surface area contributed by atoms with Gasteiger partial charge in [-0.25, -0.2) is 4.79 Å². The average Bonchev–Trinajstić information content (AvgIpc) is 3.30. The van der Waals surface area contributed by atoms with Crippen LogP contribution in [0.15, 0.2) is 43.0 Å². The highest BCUT2D eigenvalue weighted by molar-refractivity contribution is 6.74. The number of amides is 1. The molecule has 0 saturated carbocycles.